The number of hydrogen-bond donors (Lipinski definition) is 2. The van der Waals surface area contributed by atoms with E-state index in [4.69, 9.17) is 9.84 Å². The number of aryl methyl sites for hydroxylation is 1. The van der Waals surface area contributed by atoms with E-state index in [-0.39, 0.29) is 6.04 Å². The fourth-order valence-corrected chi connectivity index (χ4v) is 2.39. The third kappa shape index (κ3) is 3.86. The van der Waals surface area contributed by atoms with Crippen molar-refractivity contribution < 1.29 is 14.6 Å². The molecule has 116 valence electrons. The Labute approximate surface area is 130 Å². The van der Waals surface area contributed by atoms with E-state index in [1.165, 1.54) is 5.56 Å². The Bertz CT molecular complexity index is 667. The predicted molar refractivity (Wildman–Crippen MR) is 86.4 cm³/mol. The molecule has 0 spiro atoms. The molecule has 4 nitrogen and oxygen atoms in total. The van der Waals surface area contributed by atoms with Crippen molar-refractivity contribution in [2.75, 3.05) is 7.11 Å². The Morgan fingerprint density at radius 2 is 2.05 bits per heavy atom. The minimum absolute atomic E-state index is 0.100. The van der Waals surface area contributed by atoms with Gasteiger partial charge >= 0.3 is 5.97 Å². The van der Waals surface area contributed by atoms with Gasteiger partial charge in [-0.3, -0.25) is 0 Å². The molecule has 2 aromatic rings. The number of benzene rings is 2. The summed E-state index contributed by atoms with van der Waals surface area (Å²) in [6, 6.07) is 13.2. The van der Waals surface area contributed by atoms with E-state index in [9.17, 15) is 4.79 Å². The molecule has 0 heterocycles. The maximum absolute atomic E-state index is 11.0. The van der Waals surface area contributed by atoms with Crippen molar-refractivity contribution in [1.29, 1.82) is 0 Å². The summed E-state index contributed by atoms with van der Waals surface area (Å²) >= 11 is 0. The molecule has 0 aliphatic rings. The molecule has 22 heavy (non-hydrogen) atoms. The molecule has 0 fully saturated rings. The number of carboxylic acid groups (broad SMARTS) is 1. The van der Waals surface area contributed by atoms with E-state index in [2.05, 4.69) is 18.3 Å². The van der Waals surface area contributed by atoms with Gasteiger partial charge in [0.15, 0.2) is 0 Å². The van der Waals surface area contributed by atoms with Crippen LogP contribution in [0.4, 0.5) is 0 Å². The van der Waals surface area contributed by atoms with Gasteiger partial charge in [-0.15, -0.1) is 0 Å². The highest BCUT2D eigenvalue weighted by molar-refractivity contribution is 5.87. The molecule has 2 aromatic carbocycles. The van der Waals surface area contributed by atoms with Crippen molar-refractivity contribution >= 4 is 5.97 Å². The maximum atomic E-state index is 11.0. The van der Waals surface area contributed by atoms with Crippen molar-refractivity contribution in [2.24, 2.45) is 0 Å². The van der Waals surface area contributed by atoms with Gasteiger partial charge in [-0.1, -0.05) is 29.8 Å². The molecule has 0 saturated carbocycles. The van der Waals surface area contributed by atoms with E-state index in [0.29, 0.717) is 12.1 Å². The van der Waals surface area contributed by atoms with Gasteiger partial charge in [0, 0.05) is 18.2 Å². The first-order chi connectivity index (χ1) is 10.5. The Morgan fingerprint density at radius 3 is 2.73 bits per heavy atom. The van der Waals surface area contributed by atoms with Gasteiger partial charge in [0.1, 0.15) is 5.75 Å². The normalized spacial score (nSPS) is 12.0. The summed E-state index contributed by atoms with van der Waals surface area (Å²) < 4.78 is 5.41. The van der Waals surface area contributed by atoms with E-state index in [1.807, 2.05) is 25.1 Å². The summed E-state index contributed by atoms with van der Waals surface area (Å²) in [7, 11) is 1.66. The summed E-state index contributed by atoms with van der Waals surface area (Å²) in [4.78, 5) is 11.0. The molecule has 0 saturated heterocycles. The molecule has 0 unspecified atom stereocenters. The van der Waals surface area contributed by atoms with Gasteiger partial charge < -0.3 is 15.2 Å². The average molecular weight is 299 g/mol. The molecular weight excluding hydrogens is 278 g/mol. The highest BCUT2D eigenvalue weighted by Crippen LogP contribution is 2.26. The fraction of sp³-hybridized carbons (Fsp3) is 0.278. The Morgan fingerprint density at radius 1 is 1.27 bits per heavy atom. The van der Waals surface area contributed by atoms with Gasteiger partial charge in [-0.2, -0.15) is 0 Å². The largest absolute Gasteiger partial charge is 0.496 e. The van der Waals surface area contributed by atoms with Crippen LogP contribution in [0.2, 0.25) is 0 Å². The summed E-state index contributed by atoms with van der Waals surface area (Å²) in [5.41, 5.74) is 3.52. The van der Waals surface area contributed by atoms with Gasteiger partial charge in [0.25, 0.3) is 0 Å². The van der Waals surface area contributed by atoms with E-state index >= 15 is 0 Å². The number of carboxylic acids is 1. The zero-order valence-electron chi connectivity index (χ0n) is 13.1. The van der Waals surface area contributed by atoms with E-state index < -0.39 is 5.97 Å². The lowest BCUT2D eigenvalue weighted by Crippen LogP contribution is -2.19. The van der Waals surface area contributed by atoms with Crippen molar-refractivity contribution in [1.82, 2.24) is 5.32 Å². The second-order valence-corrected chi connectivity index (χ2v) is 5.35. The highest BCUT2D eigenvalue weighted by Gasteiger charge is 2.11. The van der Waals surface area contributed by atoms with Crippen LogP contribution >= 0.6 is 0 Å². The minimum Gasteiger partial charge on any atom is -0.496 e. The van der Waals surface area contributed by atoms with Crippen LogP contribution in [0.3, 0.4) is 0 Å². The van der Waals surface area contributed by atoms with Crippen molar-refractivity contribution in [3.63, 3.8) is 0 Å². The summed E-state index contributed by atoms with van der Waals surface area (Å²) in [5, 5.41) is 12.4. The van der Waals surface area contributed by atoms with Crippen molar-refractivity contribution in [3.05, 3.63) is 64.7 Å². The van der Waals surface area contributed by atoms with Gasteiger partial charge in [-0.05, 0) is 37.6 Å². The number of rotatable bonds is 6. The quantitative estimate of drug-likeness (QED) is 0.856. The molecule has 0 radical (unpaired) electrons. The topological polar surface area (TPSA) is 58.6 Å². The molecule has 1 atom stereocenters. The van der Waals surface area contributed by atoms with Crippen LogP contribution in [0.5, 0.6) is 5.75 Å². The molecule has 0 aliphatic carbocycles. The second kappa shape index (κ2) is 7.09. The number of carbonyl (C=O) groups is 1. The molecule has 0 aromatic heterocycles. The first-order valence-corrected chi connectivity index (χ1v) is 7.21. The number of aromatic carboxylic acids is 1. The lowest BCUT2D eigenvalue weighted by molar-refractivity contribution is 0.0696. The van der Waals surface area contributed by atoms with E-state index in [0.717, 1.165) is 16.9 Å². The van der Waals surface area contributed by atoms with Crippen LogP contribution in [-0.2, 0) is 6.54 Å². The summed E-state index contributed by atoms with van der Waals surface area (Å²) in [6.07, 6.45) is 0. The third-order valence-electron chi connectivity index (χ3n) is 3.64. The van der Waals surface area contributed by atoms with Gasteiger partial charge in [-0.25, -0.2) is 4.79 Å². The van der Waals surface area contributed by atoms with E-state index in [1.54, 1.807) is 25.3 Å². The van der Waals surface area contributed by atoms with Crippen LogP contribution in [0.15, 0.2) is 42.5 Å². The standard InChI is InChI=1S/C18H21NO3/c1-12-7-8-17(22-3)16(9-12)13(2)19-11-14-5-4-6-15(10-14)18(20)21/h4-10,13,19H,11H2,1-3H3,(H,20,21)/t13-/m0/s1. The molecule has 4 heteroatoms. The molecule has 0 bridgehead atoms. The smallest absolute Gasteiger partial charge is 0.335 e. The molecule has 2 rings (SSSR count). The molecular formula is C18H21NO3. The lowest BCUT2D eigenvalue weighted by Gasteiger charge is -2.18. The average Bonchev–Trinajstić information content (AvgIpc) is 2.52. The van der Waals surface area contributed by atoms with Crippen LogP contribution in [0.1, 0.15) is 40.0 Å². The molecule has 2 N–H and O–H groups in total. The maximum Gasteiger partial charge on any atom is 0.335 e. The number of nitrogens with one attached hydrogen (secondary N) is 1. The molecule has 0 amide bonds. The lowest BCUT2D eigenvalue weighted by atomic mass is 10.0. The Kier molecular flexibility index (Phi) is 5.17. The Hall–Kier alpha value is -2.33. The van der Waals surface area contributed by atoms with Gasteiger partial charge in [0.05, 0.1) is 12.7 Å². The second-order valence-electron chi connectivity index (χ2n) is 5.35. The number of methoxy groups -OCH3 is 1. The third-order valence-corrected chi connectivity index (χ3v) is 3.64. The monoisotopic (exact) mass is 299 g/mol. The zero-order chi connectivity index (χ0) is 16.1. The predicted octanol–water partition coefficient (Wildman–Crippen LogP) is 3.55. The summed E-state index contributed by atoms with van der Waals surface area (Å²) in [5.74, 6) is -0.0554. The highest BCUT2D eigenvalue weighted by atomic mass is 16.5. The first kappa shape index (κ1) is 16.0. The summed E-state index contributed by atoms with van der Waals surface area (Å²) in [6.45, 7) is 4.71. The first-order valence-electron chi connectivity index (χ1n) is 7.21. The van der Waals surface area contributed by atoms with Crippen molar-refractivity contribution in [2.45, 2.75) is 26.4 Å². The fourth-order valence-electron chi connectivity index (χ4n) is 2.39. The molecule has 0 aliphatic heterocycles. The van der Waals surface area contributed by atoms with Crippen LogP contribution in [-0.4, -0.2) is 18.2 Å². The SMILES string of the molecule is COc1ccc(C)cc1[C@H](C)NCc1cccc(C(=O)O)c1. The van der Waals surface area contributed by atoms with Crippen LogP contribution in [0.25, 0.3) is 0 Å². The van der Waals surface area contributed by atoms with Crippen LogP contribution in [0, 0.1) is 6.92 Å². The Balaban J connectivity index is 2.10. The van der Waals surface area contributed by atoms with Gasteiger partial charge in [0.2, 0.25) is 0 Å². The van der Waals surface area contributed by atoms with Crippen molar-refractivity contribution in [3.8, 4) is 5.75 Å². The minimum atomic E-state index is -0.907. The number of ether oxygens (including phenoxy) is 1. The number of hydrogen-bond acceptors (Lipinski definition) is 3. The zero-order valence-corrected chi connectivity index (χ0v) is 13.1. The van der Waals surface area contributed by atoms with Crippen LogP contribution < -0.4 is 10.1 Å².